The van der Waals surface area contributed by atoms with E-state index in [0.717, 1.165) is 48.5 Å². The maximum absolute atomic E-state index is 12.9. The summed E-state index contributed by atoms with van der Waals surface area (Å²) in [6.07, 6.45) is 1.50. The zero-order valence-electron chi connectivity index (χ0n) is 17.5. The van der Waals surface area contributed by atoms with Crippen molar-refractivity contribution in [3.8, 4) is 0 Å². The number of fused-ring (bicyclic) bond motifs is 1. The number of para-hydroxylation sites is 1. The minimum atomic E-state index is -0.289. The van der Waals surface area contributed by atoms with Crippen molar-refractivity contribution in [3.05, 3.63) is 90.1 Å². The number of likely N-dealkylation sites (N-methyl/N-ethyl adjacent to an activating group) is 1. The third kappa shape index (κ3) is 3.87. The van der Waals surface area contributed by atoms with Crippen molar-refractivity contribution in [2.45, 2.75) is 6.04 Å². The lowest BCUT2D eigenvalue weighted by Crippen LogP contribution is -2.46. The maximum Gasteiger partial charge on any atom is 0.291 e. The van der Waals surface area contributed by atoms with Gasteiger partial charge in [0.25, 0.3) is 5.91 Å². The summed E-state index contributed by atoms with van der Waals surface area (Å²) >= 11 is 0. The van der Waals surface area contributed by atoms with Crippen molar-refractivity contribution in [1.82, 2.24) is 9.80 Å². The largest absolute Gasteiger partial charge is 0.459 e. The van der Waals surface area contributed by atoms with E-state index in [4.69, 9.17) is 8.83 Å². The van der Waals surface area contributed by atoms with E-state index in [2.05, 4.69) is 34.3 Å². The lowest BCUT2D eigenvalue weighted by Gasteiger charge is -2.37. The summed E-state index contributed by atoms with van der Waals surface area (Å²) in [6, 6.07) is 21.4. The molecule has 0 aliphatic carbocycles. The van der Waals surface area contributed by atoms with Crippen LogP contribution in [0.4, 0.5) is 5.69 Å². The third-order valence-electron chi connectivity index (χ3n) is 5.87. The molecule has 0 saturated carbocycles. The number of rotatable bonds is 5. The first-order valence-electron chi connectivity index (χ1n) is 10.5. The predicted octanol–water partition coefficient (Wildman–Crippen LogP) is 4.61. The number of benzene rings is 2. The van der Waals surface area contributed by atoms with Gasteiger partial charge in [0.1, 0.15) is 11.3 Å². The number of amides is 1. The number of furan rings is 2. The fraction of sp³-hybridized carbons (Fsp3) is 0.240. The molecule has 1 aliphatic rings. The Morgan fingerprint density at radius 1 is 0.935 bits per heavy atom. The molecule has 1 amide bonds. The van der Waals surface area contributed by atoms with E-state index in [1.54, 1.807) is 12.1 Å². The number of piperazine rings is 1. The first-order chi connectivity index (χ1) is 15.2. The number of carbonyl (C=O) groups excluding carboxylic acids is 1. The van der Waals surface area contributed by atoms with Crippen LogP contribution in [0.2, 0.25) is 0 Å². The summed E-state index contributed by atoms with van der Waals surface area (Å²) in [6.45, 7) is 3.80. The SMILES string of the molecule is CN1CCN([C@@H](c2ccccc2)c2oc3ccccc3c2NC(=O)c2ccco2)CC1. The lowest BCUT2D eigenvalue weighted by atomic mass is 10.00. The van der Waals surface area contributed by atoms with Crippen LogP contribution in [0.25, 0.3) is 11.0 Å². The molecule has 6 nitrogen and oxygen atoms in total. The second-order valence-corrected chi connectivity index (χ2v) is 7.92. The van der Waals surface area contributed by atoms with Gasteiger partial charge in [-0.15, -0.1) is 0 Å². The van der Waals surface area contributed by atoms with Crippen molar-refractivity contribution >= 4 is 22.6 Å². The molecule has 2 aromatic carbocycles. The lowest BCUT2D eigenvalue weighted by molar-refractivity contribution is 0.0995. The smallest absolute Gasteiger partial charge is 0.291 e. The normalized spacial score (nSPS) is 16.4. The second-order valence-electron chi connectivity index (χ2n) is 7.92. The van der Waals surface area contributed by atoms with Gasteiger partial charge in [0.15, 0.2) is 5.76 Å². The highest BCUT2D eigenvalue weighted by molar-refractivity contribution is 6.08. The van der Waals surface area contributed by atoms with E-state index in [1.165, 1.54) is 6.26 Å². The van der Waals surface area contributed by atoms with Gasteiger partial charge >= 0.3 is 0 Å². The van der Waals surface area contributed by atoms with E-state index >= 15 is 0 Å². The molecule has 3 heterocycles. The molecule has 1 saturated heterocycles. The van der Waals surface area contributed by atoms with Gasteiger partial charge in [0.05, 0.1) is 18.0 Å². The van der Waals surface area contributed by atoms with E-state index in [-0.39, 0.29) is 17.7 Å². The molecule has 2 aromatic heterocycles. The molecule has 1 N–H and O–H groups in total. The van der Waals surface area contributed by atoms with Gasteiger partial charge in [0, 0.05) is 31.6 Å². The Morgan fingerprint density at radius 3 is 2.42 bits per heavy atom. The molecule has 5 rings (SSSR count). The minimum Gasteiger partial charge on any atom is -0.459 e. The highest BCUT2D eigenvalue weighted by atomic mass is 16.3. The average molecular weight is 415 g/mol. The molecule has 1 atom stereocenters. The van der Waals surface area contributed by atoms with Crippen molar-refractivity contribution < 1.29 is 13.6 Å². The van der Waals surface area contributed by atoms with Gasteiger partial charge in [-0.25, -0.2) is 0 Å². The molecular weight excluding hydrogens is 390 g/mol. The van der Waals surface area contributed by atoms with E-state index in [9.17, 15) is 4.79 Å². The Kier molecular flexibility index (Phi) is 5.32. The maximum atomic E-state index is 12.9. The predicted molar refractivity (Wildman–Crippen MR) is 120 cm³/mol. The molecule has 4 aromatic rings. The van der Waals surface area contributed by atoms with Crippen molar-refractivity contribution in [2.75, 3.05) is 38.5 Å². The molecule has 1 fully saturated rings. The topological polar surface area (TPSA) is 61.9 Å². The van der Waals surface area contributed by atoms with Crippen LogP contribution in [0.3, 0.4) is 0 Å². The highest BCUT2D eigenvalue weighted by Gasteiger charge is 2.32. The molecular formula is C25H25N3O3. The fourth-order valence-electron chi connectivity index (χ4n) is 4.21. The van der Waals surface area contributed by atoms with Crippen LogP contribution in [0.15, 0.2) is 81.8 Å². The first-order valence-corrected chi connectivity index (χ1v) is 10.5. The minimum absolute atomic E-state index is 0.103. The number of hydrogen-bond donors (Lipinski definition) is 1. The fourth-order valence-corrected chi connectivity index (χ4v) is 4.21. The van der Waals surface area contributed by atoms with Crippen molar-refractivity contribution in [2.24, 2.45) is 0 Å². The Hall–Kier alpha value is -3.35. The average Bonchev–Trinajstić information content (AvgIpc) is 3.45. The molecule has 1 aliphatic heterocycles. The van der Waals surface area contributed by atoms with Gasteiger partial charge < -0.3 is 19.1 Å². The highest BCUT2D eigenvalue weighted by Crippen LogP contribution is 2.40. The van der Waals surface area contributed by atoms with Crippen LogP contribution in [0.5, 0.6) is 0 Å². The van der Waals surface area contributed by atoms with Crippen LogP contribution in [0.1, 0.15) is 27.9 Å². The molecule has 0 spiro atoms. The Balaban J connectivity index is 1.62. The summed E-state index contributed by atoms with van der Waals surface area (Å²) in [5.41, 5.74) is 2.59. The van der Waals surface area contributed by atoms with Crippen LogP contribution in [-0.4, -0.2) is 48.9 Å². The van der Waals surface area contributed by atoms with Crippen LogP contribution >= 0.6 is 0 Å². The molecule has 0 unspecified atom stereocenters. The van der Waals surface area contributed by atoms with Gasteiger partial charge in [-0.2, -0.15) is 0 Å². The van der Waals surface area contributed by atoms with Crippen molar-refractivity contribution in [1.29, 1.82) is 0 Å². The number of nitrogens with zero attached hydrogens (tertiary/aromatic N) is 2. The molecule has 158 valence electrons. The Morgan fingerprint density at radius 2 is 1.68 bits per heavy atom. The van der Waals surface area contributed by atoms with Gasteiger partial charge in [0.2, 0.25) is 0 Å². The Bertz CT molecular complexity index is 1160. The number of hydrogen-bond acceptors (Lipinski definition) is 5. The van der Waals surface area contributed by atoms with Gasteiger partial charge in [-0.3, -0.25) is 9.69 Å². The standard InChI is InChI=1S/C25H25N3O3/c1-27-13-15-28(16-14-27)23(18-8-3-2-4-9-18)24-22(19-10-5-6-11-20(19)31-24)26-25(29)21-12-7-17-30-21/h2-12,17,23H,13-16H2,1H3,(H,26,29)/t23-/m0/s1. The first kappa shape index (κ1) is 19.6. The molecule has 0 radical (unpaired) electrons. The Labute approximate surface area is 181 Å². The quantitative estimate of drug-likeness (QED) is 0.516. The van der Waals surface area contributed by atoms with Crippen LogP contribution in [0, 0.1) is 0 Å². The monoisotopic (exact) mass is 415 g/mol. The van der Waals surface area contributed by atoms with Crippen molar-refractivity contribution in [3.63, 3.8) is 0 Å². The molecule has 6 heteroatoms. The summed E-state index contributed by atoms with van der Waals surface area (Å²) in [7, 11) is 2.14. The van der Waals surface area contributed by atoms with Crippen LogP contribution < -0.4 is 5.32 Å². The zero-order valence-corrected chi connectivity index (χ0v) is 17.5. The van der Waals surface area contributed by atoms with Gasteiger partial charge in [-0.05, 0) is 36.9 Å². The summed E-state index contributed by atoms with van der Waals surface area (Å²) in [4.78, 5) is 17.6. The second kappa shape index (κ2) is 8.41. The summed E-state index contributed by atoms with van der Waals surface area (Å²) in [5.74, 6) is 0.729. The summed E-state index contributed by atoms with van der Waals surface area (Å²) < 4.78 is 11.7. The van der Waals surface area contributed by atoms with E-state index < -0.39 is 0 Å². The van der Waals surface area contributed by atoms with Crippen LogP contribution in [-0.2, 0) is 0 Å². The number of carbonyl (C=O) groups is 1. The molecule has 31 heavy (non-hydrogen) atoms. The zero-order chi connectivity index (χ0) is 21.2. The van der Waals surface area contributed by atoms with Gasteiger partial charge in [-0.1, -0.05) is 42.5 Å². The van der Waals surface area contributed by atoms with E-state index in [1.807, 2.05) is 42.5 Å². The van der Waals surface area contributed by atoms with E-state index in [0.29, 0.717) is 5.69 Å². The third-order valence-corrected chi connectivity index (χ3v) is 5.87. The number of nitrogens with one attached hydrogen (secondary N) is 1. The molecule has 0 bridgehead atoms. The summed E-state index contributed by atoms with van der Waals surface area (Å²) in [5, 5.41) is 3.95. The number of anilines is 1.